The average molecular weight is 257 g/mol. The standard InChI is InChI=1S/C11H19N3O2S/c1-4-5-12-10-9(16-3)11(14-7-13-10)17-8(2)6-15/h7-8,15H,4-6H2,1-3H3,(H,12,13,14). The van der Waals surface area contributed by atoms with Crippen LogP contribution in [0.3, 0.4) is 0 Å². The van der Waals surface area contributed by atoms with Gasteiger partial charge in [0, 0.05) is 11.8 Å². The maximum Gasteiger partial charge on any atom is 0.193 e. The maximum absolute atomic E-state index is 9.05. The first-order valence-electron chi connectivity index (χ1n) is 5.63. The van der Waals surface area contributed by atoms with Crippen LogP contribution in [0.2, 0.25) is 0 Å². The summed E-state index contributed by atoms with van der Waals surface area (Å²) in [6.07, 6.45) is 2.52. The third-order valence-corrected chi connectivity index (χ3v) is 3.15. The van der Waals surface area contributed by atoms with Crippen molar-refractivity contribution in [2.75, 3.05) is 25.6 Å². The molecule has 1 heterocycles. The Morgan fingerprint density at radius 1 is 1.53 bits per heavy atom. The predicted octanol–water partition coefficient (Wildman–Crippen LogP) is 1.78. The second-order valence-corrected chi connectivity index (χ2v) is 5.03. The zero-order valence-electron chi connectivity index (χ0n) is 10.4. The highest BCUT2D eigenvalue weighted by Crippen LogP contribution is 2.34. The normalized spacial score (nSPS) is 12.2. The van der Waals surface area contributed by atoms with Gasteiger partial charge >= 0.3 is 0 Å². The van der Waals surface area contributed by atoms with Gasteiger partial charge in [-0.3, -0.25) is 0 Å². The molecule has 1 aromatic heterocycles. The monoisotopic (exact) mass is 257 g/mol. The van der Waals surface area contributed by atoms with Crippen LogP contribution in [0, 0.1) is 0 Å². The second kappa shape index (κ2) is 7.34. The third-order valence-electron chi connectivity index (χ3n) is 2.09. The molecule has 17 heavy (non-hydrogen) atoms. The smallest absolute Gasteiger partial charge is 0.193 e. The van der Waals surface area contributed by atoms with E-state index in [-0.39, 0.29) is 11.9 Å². The van der Waals surface area contributed by atoms with Gasteiger partial charge < -0.3 is 15.2 Å². The number of methoxy groups -OCH3 is 1. The molecule has 0 amide bonds. The van der Waals surface area contributed by atoms with E-state index in [4.69, 9.17) is 9.84 Å². The molecule has 1 aromatic rings. The lowest BCUT2D eigenvalue weighted by molar-refractivity contribution is 0.300. The Morgan fingerprint density at radius 3 is 2.88 bits per heavy atom. The quantitative estimate of drug-likeness (QED) is 0.573. The molecule has 5 nitrogen and oxygen atoms in total. The summed E-state index contributed by atoms with van der Waals surface area (Å²) in [4.78, 5) is 8.34. The Labute approximate surface area is 106 Å². The van der Waals surface area contributed by atoms with Gasteiger partial charge in [-0.25, -0.2) is 9.97 Å². The molecule has 0 aliphatic carbocycles. The molecular weight excluding hydrogens is 238 g/mol. The van der Waals surface area contributed by atoms with Gasteiger partial charge in [0.15, 0.2) is 11.6 Å². The number of hydrogen-bond acceptors (Lipinski definition) is 6. The minimum atomic E-state index is 0.0813. The van der Waals surface area contributed by atoms with Crippen LogP contribution in [0.25, 0.3) is 0 Å². The number of aromatic nitrogens is 2. The number of nitrogens with zero attached hydrogens (tertiary/aromatic N) is 2. The number of thioether (sulfide) groups is 1. The van der Waals surface area contributed by atoms with Crippen molar-refractivity contribution in [1.82, 2.24) is 9.97 Å². The first kappa shape index (κ1) is 14.1. The SMILES string of the molecule is CCCNc1ncnc(SC(C)CO)c1OC. The topological polar surface area (TPSA) is 67.3 Å². The van der Waals surface area contributed by atoms with E-state index < -0.39 is 0 Å². The van der Waals surface area contributed by atoms with Crippen LogP contribution in [0.1, 0.15) is 20.3 Å². The molecule has 1 atom stereocenters. The van der Waals surface area contributed by atoms with Gasteiger partial charge in [-0.15, -0.1) is 0 Å². The fourth-order valence-corrected chi connectivity index (χ4v) is 2.07. The predicted molar refractivity (Wildman–Crippen MR) is 69.8 cm³/mol. The van der Waals surface area contributed by atoms with Crippen LogP contribution >= 0.6 is 11.8 Å². The lowest BCUT2D eigenvalue weighted by Gasteiger charge is -2.14. The molecule has 0 bridgehead atoms. The van der Waals surface area contributed by atoms with E-state index in [0.717, 1.165) is 18.0 Å². The lowest BCUT2D eigenvalue weighted by Crippen LogP contribution is -2.07. The number of anilines is 1. The van der Waals surface area contributed by atoms with E-state index in [1.807, 2.05) is 6.92 Å². The number of ether oxygens (including phenoxy) is 1. The van der Waals surface area contributed by atoms with Gasteiger partial charge in [-0.1, -0.05) is 25.6 Å². The summed E-state index contributed by atoms with van der Waals surface area (Å²) in [6, 6.07) is 0. The number of rotatable bonds is 7. The Morgan fingerprint density at radius 2 is 2.29 bits per heavy atom. The highest BCUT2D eigenvalue weighted by molar-refractivity contribution is 8.00. The van der Waals surface area contributed by atoms with Gasteiger partial charge in [-0.2, -0.15) is 0 Å². The van der Waals surface area contributed by atoms with Crippen molar-refractivity contribution in [1.29, 1.82) is 0 Å². The van der Waals surface area contributed by atoms with Crippen molar-refractivity contribution < 1.29 is 9.84 Å². The lowest BCUT2D eigenvalue weighted by atomic mass is 10.4. The minimum absolute atomic E-state index is 0.0813. The molecule has 0 saturated carbocycles. The van der Waals surface area contributed by atoms with Gasteiger partial charge in [0.1, 0.15) is 11.4 Å². The van der Waals surface area contributed by atoms with Crippen molar-refractivity contribution >= 4 is 17.6 Å². The summed E-state index contributed by atoms with van der Waals surface area (Å²) < 4.78 is 5.33. The fraction of sp³-hybridized carbons (Fsp3) is 0.636. The Bertz CT molecular complexity index is 349. The van der Waals surface area contributed by atoms with Crippen LogP contribution in [0.4, 0.5) is 5.82 Å². The van der Waals surface area contributed by atoms with Crippen molar-refractivity contribution in [3.05, 3.63) is 6.33 Å². The molecular formula is C11H19N3O2S. The van der Waals surface area contributed by atoms with E-state index in [9.17, 15) is 0 Å². The molecule has 0 radical (unpaired) electrons. The van der Waals surface area contributed by atoms with Crippen LogP contribution in [-0.4, -0.2) is 40.6 Å². The highest BCUT2D eigenvalue weighted by Gasteiger charge is 2.14. The summed E-state index contributed by atoms with van der Waals surface area (Å²) in [5.74, 6) is 1.35. The fourth-order valence-electron chi connectivity index (χ4n) is 1.22. The zero-order chi connectivity index (χ0) is 12.7. The van der Waals surface area contributed by atoms with Crippen LogP contribution in [0.5, 0.6) is 5.75 Å². The number of hydrogen-bond donors (Lipinski definition) is 2. The molecule has 0 fully saturated rings. The Balaban J connectivity index is 2.88. The molecule has 0 aliphatic heterocycles. The summed E-state index contributed by atoms with van der Waals surface area (Å²) in [5.41, 5.74) is 0. The van der Waals surface area contributed by atoms with Crippen molar-refractivity contribution in [2.24, 2.45) is 0 Å². The van der Waals surface area contributed by atoms with Gasteiger partial charge in [0.25, 0.3) is 0 Å². The van der Waals surface area contributed by atoms with Crippen molar-refractivity contribution in [2.45, 2.75) is 30.5 Å². The van der Waals surface area contributed by atoms with Crippen LogP contribution in [-0.2, 0) is 0 Å². The van der Waals surface area contributed by atoms with Crippen LogP contribution in [0.15, 0.2) is 11.4 Å². The molecule has 0 aliphatic rings. The van der Waals surface area contributed by atoms with Crippen molar-refractivity contribution in [3.63, 3.8) is 0 Å². The zero-order valence-corrected chi connectivity index (χ0v) is 11.3. The third kappa shape index (κ3) is 4.05. The molecule has 1 unspecified atom stereocenters. The summed E-state index contributed by atoms with van der Waals surface area (Å²) in [6.45, 7) is 4.97. The van der Waals surface area contributed by atoms with Gasteiger partial charge in [-0.05, 0) is 6.42 Å². The number of nitrogens with one attached hydrogen (secondary N) is 1. The largest absolute Gasteiger partial charge is 0.490 e. The Hall–Kier alpha value is -1.01. The van der Waals surface area contributed by atoms with Crippen molar-refractivity contribution in [3.8, 4) is 5.75 Å². The molecule has 0 saturated heterocycles. The van der Waals surface area contributed by atoms with Crippen LogP contribution < -0.4 is 10.1 Å². The van der Waals surface area contributed by atoms with E-state index in [1.54, 1.807) is 7.11 Å². The van der Waals surface area contributed by atoms with E-state index >= 15 is 0 Å². The molecule has 96 valence electrons. The first-order valence-corrected chi connectivity index (χ1v) is 6.51. The van der Waals surface area contributed by atoms with E-state index in [2.05, 4.69) is 22.2 Å². The molecule has 6 heteroatoms. The van der Waals surface area contributed by atoms with E-state index in [1.165, 1.54) is 18.1 Å². The summed E-state index contributed by atoms with van der Waals surface area (Å²) in [7, 11) is 1.60. The number of aliphatic hydroxyl groups is 1. The average Bonchev–Trinajstić information content (AvgIpc) is 2.36. The summed E-state index contributed by atoms with van der Waals surface area (Å²) in [5, 5.41) is 13.1. The maximum atomic E-state index is 9.05. The second-order valence-electron chi connectivity index (χ2n) is 3.60. The first-order chi connectivity index (χ1) is 8.22. The van der Waals surface area contributed by atoms with Gasteiger partial charge in [0.05, 0.1) is 13.7 Å². The highest BCUT2D eigenvalue weighted by atomic mass is 32.2. The van der Waals surface area contributed by atoms with E-state index in [0.29, 0.717) is 11.6 Å². The van der Waals surface area contributed by atoms with Gasteiger partial charge in [0.2, 0.25) is 0 Å². The number of aliphatic hydroxyl groups excluding tert-OH is 1. The molecule has 0 aromatic carbocycles. The molecule has 2 N–H and O–H groups in total. The Kier molecular flexibility index (Phi) is 6.07. The molecule has 1 rings (SSSR count). The summed E-state index contributed by atoms with van der Waals surface area (Å²) >= 11 is 1.48. The molecule has 0 spiro atoms. The minimum Gasteiger partial charge on any atom is -0.490 e.